The summed E-state index contributed by atoms with van der Waals surface area (Å²) in [5.74, 6) is 0.700. The molecule has 2 aromatic rings. The minimum Gasteiger partial charge on any atom is -0.357 e. The van der Waals surface area contributed by atoms with E-state index in [2.05, 4.69) is 27.6 Å². The van der Waals surface area contributed by atoms with Crippen molar-refractivity contribution in [3.63, 3.8) is 0 Å². The summed E-state index contributed by atoms with van der Waals surface area (Å²) in [5, 5.41) is 0.445. The predicted molar refractivity (Wildman–Crippen MR) is 61.8 cm³/mol. The van der Waals surface area contributed by atoms with Gasteiger partial charge in [-0.2, -0.15) is 12.6 Å². The van der Waals surface area contributed by atoms with Crippen LogP contribution in [0.25, 0.3) is 17.1 Å². The van der Waals surface area contributed by atoms with Crippen LogP contribution in [0.1, 0.15) is 5.56 Å². The predicted octanol–water partition coefficient (Wildman–Crippen LogP) is 2.55. The van der Waals surface area contributed by atoms with Gasteiger partial charge in [0.2, 0.25) is 0 Å². The van der Waals surface area contributed by atoms with Gasteiger partial charge >= 0.3 is 0 Å². The first-order valence-corrected chi connectivity index (χ1v) is 5.09. The van der Waals surface area contributed by atoms with E-state index in [1.807, 2.05) is 18.3 Å². The molecule has 0 saturated heterocycles. The van der Waals surface area contributed by atoms with Crippen LogP contribution in [0.5, 0.6) is 0 Å². The molecule has 0 amide bonds. The molecule has 0 bridgehead atoms. The maximum absolute atomic E-state index is 5.88. The van der Waals surface area contributed by atoms with Crippen LogP contribution in [0.15, 0.2) is 18.6 Å². The first-order valence-electron chi connectivity index (χ1n) is 4.08. The number of nitrogens with one attached hydrogen (secondary N) is 1. The summed E-state index contributed by atoms with van der Waals surface area (Å²) in [4.78, 5) is 11.1. The van der Waals surface area contributed by atoms with Gasteiger partial charge in [-0.1, -0.05) is 23.8 Å². The van der Waals surface area contributed by atoms with Gasteiger partial charge in [0.1, 0.15) is 17.4 Å². The fourth-order valence-corrected chi connectivity index (χ4v) is 1.53. The number of hydrogen-bond donors (Lipinski definition) is 2. The van der Waals surface area contributed by atoms with Crippen LogP contribution in [0.3, 0.4) is 0 Å². The van der Waals surface area contributed by atoms with Crippen molar-refractivity contribution < 1.29 is 0 Å². The van der Waals surface area contributed by atoms with Crippen molar-refractivity contribution >= 4 is 41.3 Å². The summed E-state index contributed by atoms with van der Waals surface area (Å²) >= 11 is 9.97. The topological polar surface area (TPSA) is 41.6 Å². The van der Waals surface area contributed by atoms with E-state index in [9.17, 15) is 0 Å². The molecule has 2 rings (SSSR count). The third kappa shape index (κ3) is 1.63. The van der Waals surface area contributed by atoms with E-state index in [1.165, 1.54) is 6.33 Å². The summed E-state index contributed by atoms with van der Waals surface area (Å²) in [5.41, 5.74) is 2.61. The number of aromatic amines is 1. The smallest absolute Gasteiger partial charge is 0.156 e. The van der Waals surface area contributed by atoms with E-state index < -0.39 is 0 Å². The Kier molecular flexibility index (Phi) is 2.74. The largest absolute Gasteiger partial charge is 0.357 e. The molecule has 0 aliphatic heterocycles. The van der Waals surface area contributed by atoms with Gasteiger partial charge in [0.15, 0.2) is 5.15 Å². The summed E-state index contributed by atoms with van der Waals surface area (Å²) in [6.45, 7) is 0. The molecular formula is C9H8ClN3S. The highest BCUT2D eigenvalue weighted by atomic mass is 35.5. The second-order valence-electron chi connectivity index (χ2n) is 2.72. The van der Waals surface area contributed by atoms with Crippen LogP contribution in [-0.4, -0.2) is 20.7 Å². The fraction of sp³-hybridized carbons (Fsp3) is 0.111. The SMILES string of the molecule is SCC=Cc1c[nH]c2c(Cl)ncnc12. The first-order chi connectivity index (χ1) is 6.83. The normalized spacial score (nSPS) is 11.6. The molecule has 0 spiro atoms. The number of H-pyrrole nitrogens is 1. The third-order valence-corrected chi connectivity index (χ3v) is 2.35. The standard InChI is InChI=1S/C9H8ClN3S/c10-9-8-7(12-5-13-9)6(4-11-8)2-1-3-14/h1-2,4-5,11,14H,3H2. The van der Waals surface area contributed by atoms with Crippen LogP contribution < -0.4 is 0 Å². The highest BCUT2D eigenvalue weighted by molar-refractivity contribution is 7.80. The van der Waals surface area contributed by atoms with Gasteiger partial charge in [-0.3, -0.25) is 0 Å². The van der Waals surface area contributed by atoms with E-state index in [0.717, 1.165) is 16.6 Å². The van der Waals surface area contributed by atoms with Gasteiger partial charge in [-0.25, -0.2) is 9.97 Å². The van der Waals surface area contributed by atoms with E-state index in [0.29, 0.717) is 10.9 Å². The van der Waals surface area contributed by atoms with Crippen molar-refractivity contribution in [3.05, 3.63) is 29.3 Å². The van der Waals surface area contributed by atoms with Gasteiger partial charge in [0.05, 0.1) is 0 Å². The summed E-state index contributed by atoms with van der Waals surface area (Å²) < 4.78 is 0. The van der Waals surface area contributed by atoms with Crippen LogP contribution >= 0.6 is 24.2 Å². The lowest BCUT2D eigenvalue weighted by Gasteiger charge is -1.91. The average molecular weight is 226 g/mol. The Morgan fingerprint density at radius 2 is 2.36 bits per heavy atom. The molecule has 5 heteroatoms. The second-order valence-corrected chi connectivity index (χ2v) is 3.44. The van der Waals surface area contributed by atoms with Crippen molar-refractivity contribution in [2.24, 2.45) is 0 Å². The number of halogens is 1. The molecule has 0 fully saturated rings. The minimum absolute atomic E-state index is 0.445. The number of thiol groups is 1. The maximum atomic E-state index is 5.88. The van der Waals surface area contributed by atoms with Gasteiger partial charge in [0.25, 0.3) is 0 Å². The molecule has 0 aromatic carbocycles. The lowest BCUT2D eigenvalue weighted by molar-refractivity contribution is 1.22. The van der Waals surface area contributed by atoms with Crippen LogP contribution in [0.2, 0.25) is 5.15 Å². The summed E-state index contributed by atoms with van der Waals surface area (Å²) in [6, 6.07) is 0. The van der Waals surface area contributed by atoms with Gasteiger partial charge in [0, 0.05) is 17.5 Å². The monoisotopic (exact) mass is 225 g/mol. The van der Waals surface area contributed by atoms with Crippen LogP contribution in [-0.2, 0) is 0 Å². The van der Waals surface area contributed by atoms with Crippen molar-refractivity contribution in [2.45, 2.75) is 0 Å². The Labute approximate surface area is 91.6 Å². The number of hydrogen-bond acceptors (Lipinski definition) is 3. The van der Waals surface area contributed by atoms with Crippen LogP contribution in [0, 0.1) is 0 Å². The Hall–Kier alpha value is -1.00. The highest BCUT2D eigenvalue weighted by Crippen LogP contribution is 2.21. The van der Waals surface area contributed by atoms with Crippen molar-refractivity contribution in [3.8, 4) is 0 Å². The molecule has 0 unspecified atom stereocenters. The fourth-order valence-electron chi connectivity index (χ4n) is 1.24. The Balaban J connectivity index is 2.58. The molecule has 72 valence electrons. The molecule has 0 radical (unpaired) electrons. The van der Waals surface area contributed by atoms with E-state index >= 15 is 0 Å². The van der Waals surface area contributed by atoms with Crippen LogP contribution in [0.4, 0.5) is 0 Å². The molecule has 14 heavy (non-hydrogen) atoms. The zero-order chi connectivity index (χ0) is 9.97. The molecule has 3 nitrogen and oxygen atoms in total. The summed E-state index contributed by atoms with van der Waals surface area (Å²) in [6.07, 6.45) is 7.21. The molecule has 0 aliphatic carbocycles. The lowest BCUT2D eigenvalue weighted by atomic mass is 10.2. The van der Waals surface area contributed by atoms with Gasteiger partial charge in [-0.15, -0.1) is 0 Å². The lowest BCUT2D eigenvalue weighted by Crippen LogP contribution is -1.81. The quantitative estimate of drug-likeness (QED) is 0.609. The number of aromatic nitrogens is 3. The van der Waals surface area contributed by atoms with E-state index in [1.54, 1.807) is 0 Å². The molecular weight excluding hydrogens is 218 g/mol. The Bertz CT molecular complexity index is 478. The maximum Gasteiger partial charge on any atom is 0.156 e. The Morgan fingerprint density at radius 1 is 1.50 bits per heavy atom. The van der Waals surface area contributed by atoms with E-state index in [-0.39, 0.29) is 0 Å². The average Bonchev–Trinajstić information content (AvgIpc) is 2.60. The molecule has 2 heterocycles. The van der Waals surface area contributed by atoms with Crippen molar-refractivity contribution in [1.29, 1.82) is 0 Å². The molecule has 1 N–H and O–H groups in total. The third-order valence-electron chi connectivity index (χ3n) is 1.85. The van der Waals surface area contributed by atoms with Gasteiger partial charge in [-0.05, 0) is 0 Å². The summed E-state index contributed by atoms with van der Waals surface area (Å²) in [7, 11) is 0. The highest BCUT2D eigenvalue weighted by Gasteiger charge is 2.05. The van der Waals surface area contributed by atoms with E-state index in [4.69, 9.17) is 11.6 Å². The Morgan fingerprint density at radius 3 is 3.14 bits per heavy atom. The zero-order valence-corrected chi connectivity index (χ0v) is 8.89. The zero-order valence-electron chi connectivity index (χ0n) is 7.24. The second kappa shape index (κ2) is 4.02. The number of rotatable bonds is 2. The number of fused-ring (bicyclic) bond motifs is 1. The molecule has 2 aromatic heterocycles. The number of nitrogens with zero attached hydrogens (tertiary/aromatic N) is 2. The molecule has 0 atom stereocenters. The minimum atomic E-state index is 0.445. The first kappa shape index (κ1) is 9.55. The van der Waals surface area contributed by atoms with Crippen molar-refractivity contribution in [2.75, 3.05) is 5.75 Å². The van der Waals surface area contributed by atoms with Gasteiger partial charge < -0.3 is 4.98 Å². The molecule has 0 saturated carbocycles. The van der Waals surface area contributed by atoms with Crippen molar-refractivity contribution in [1.82, 2.24) is 15.0 Å². The molecule has 0 aliphatic rings.